The number of hydrogen-bond acceptors (Lipinski definition) is 4. The number of esters is 1. The predicted molar refractivity (Wildman–Crippen MR) is 83.4 cm³/mol. The quantitative estimate of drug-likeness (QED) is 0.721. The number of urea groups is 1. The van der Waals surface area contributed by atoms with Crippen LogP contribution >= 0.6 is 31.9 Å². The van der Waals surface area contributed by atoms with Crippen molar-refractivity contribution in [3.8, 4) is 5.75 Å². The molecule has 0 saturated heterocycles. The molecule has 0 radical (unpaired) electrons. The summed E-state index contributed by atoms with van der Waals surface area (Å²) in [4.78, 5) is 27.4. The van der Waals surface area contributed by atoms with Crippen molar-refractivity contribution in [2.45, 2.75) is 13.0 Å². The number of nitrogens with one attached hydrogen (secondary N) is 1. The number of halogens is 2. The van der Waals surface area contributed by atoms with E-state index in [-0.39, 0.29) is 5.75 Å². The number of methoxy groups -OCH3 is 1. The Hall–Kier alpha value is -1.41. The monoisotopic (exact) mass is 418 g/mol. The first-order chi connectivity index (χ1) is 9.85. The van der Waals surface area contributed by atoms with Gasteiger partial charge in [-0.3, -0.25) is 4.79 Å². The number of nitrogens with zero attached hydrogens (tertiary/aromatic N) is 1. The molecule has 2 atom stereocenters. The second-order valence-electron chi connectivity index (χ2n) is 4.51. The van der Waals surface area contributed by atoms with Crippen molar-refractivity contribution in [2.24, 2.45) is 10.9 Å². The second-order valence-corrected chi connectivity index (χ2v) is 6.22. The summed E-state index contributed by atoms with van der Waals surface area (Å²) in [5, 5.41) is 12.4. The van der Waals surface area contributed by atoms with Gasteiger partial charge in [-0.05, 0) is 56.5 Å². The number of aliphatic imine (C=N–C) groups is 1. The zero-order chi connectivity index (χ0) is 15.7. The summed E-state index contributed by atoms with van der Waals surface area (Å²) in [5.41, 5.74) is 1.03. The van der Waals surface area contributed by atoms with Crippen LogP contribution in [0.3, 0.4) is 0 Å². The molecule has 2 N–H and O–H groups in total. The van der Waals surface area contributed by atoms with Gasteiger partial charge in [0.1, 0.15) is 11.7 Å². The first-order valence-electron chi connectivity index (χ1n) is 5.96. The number of phenolic OH excluding ortho intramolecular Hbond substituents is 1. The Labute approximate surface area is 137 Å². The summed E-state index contributed by atoms with van der Waals surface area (Å²) in [6.07, 6.45) is 0. The van der Waals surface area contributed by atoms with E-state index >= 15 is 0 Å². The number of aromatic hydroxyl groups is 1. The summed E-state index contributed by atoms with van der Waals surface area (Å²) in [5.74, 6) is -1.15. The molecule has 1 aromatic rings. The molecule has 0 spiro atoms. The van der Waals surface area contributed by atoms with Crippen molar-refractivity contribution in [1.82, 2.24) is 5.32 Å². The van der Waals surface area contributed by atoms with Gasteiger partial charge in [-0.2, -0.15) is 0 Å². The van der Waals surface area contributed by atoms with E-state index in [1.807, 2.05) is 0 Å². The fraction of sp³-hybridized carbons (Fsp3) is 0.308. The van der Waals surface area contributed by atoms with Crippen LogP contribution in [0.2, 0.25) is 0 Å². The minimum Gasteiger partial charge on any atom is -0.506 e. The molecule has 0 bridgehead atoms. The zero-order valence-electron chi connectivity index (χ0n) is 11.2. The SMILES string of the molecule is COC(=O)C1C(C)=NC(=O)NC1c1cc(Br)c(O)c(Br)c1. The van der Waals surface area contributed by atoms with Gasteiger partial charge in [0.15, 0.2) is 0 Å². The van der Waals surface area contributed by atoms with Crippen LogP contribution in [0, 0.1) is 5.92 Å². The van der Waals surface area contributed by atoms with Crippen LogP contribution in [0.5, 0.6) is 5.75 Å². The number of hydrogen-bond donors (Lipinski definition) is 2. The Bertz CT molecular complexity index is 622. The highest BCUT2D eigenvalue weighted by atomic mass is 79.9. The molecule has 0 fully saturated rings. The van der Waals surface area contributed by atoms with Crippen molar-refractivity contribution in [3.05, 3.63) is 26.6 Å². The molecule has 2 rings (SSSR count). The van der Waals surface area contributed by atoms with Gasteiger partial charge in [0.25, 0.3) is 0 Å². The first-order valence-corrected chi connectivity index (χ1v) is 7.55. The van der Waals surface area contributed by atoms with E-state index in [9.17, 15) is 14.7 Å². The van der Waals surface area contributed by atoms with E-state index in [0.717, 1.165) is 0 Å². The lowest BCUT2D eigenvalue weighted by Crippen LogP contribution is -2.44. The molecule has 1 heterocycles. The molecule has 1 aliphatic rings. The molecule has 8 heteroatoms. The molecule has 2 unspecified atom stereocenters. The standard InChI is InChI=1S/C13H12Br2N2O4/c1-5-9(12(19)21-2)10(17-13(20)16-5)6-3-7(14)11(18)8(15)4-6/h3-4,9-10,18H,1-2H3,(H,17,20). The van der Waals surface area contributed by atoms with Crippen molar-refractivity contribution in [1.29, 1.82) is 0 Å². The molecule has 1 aliphatic heterocycles. The molecular weight excluding hydrogens is 408 g/mol. The van der Waals surface area contributed by atoms with Gasteiger partial charge in [-0.15, -0.1) is 0 Å². The van der Waals surface area contributed by atoms with Crippen LogP contribution in [0.15, 0.2) is 26.1 Å². The smallest absolute Gasteiger partial charge is 0.341 e. The molecule has 112 valence electrons. The summed E-state index contributed by atoms with van der Waals surface area (Å²) < 4.78 is 5.69. The van der Waals surface area contributed by atoms with Crippen molar-refractivity contribution < 1.29 is 19.4 Å². The van der Waals surface area contributed by atoms with Crippen LogP contribution < -0.4 is 5.32 Å². The van der Waals surface area contributed by atoms with Crippen LogP contribution in [-0.2, 0) is 9.53 Å². The maximum atomic E-state index is 12.0. The average molecular weight is 420 g/mol. The highest BCUT2D eigenvalue weighted by Crippen LogP contribution is 2.37. The summed E-state index contributed by atoms with van der Waals surface area (Å²) in [6.45, 7) is 1.61. The molecule has 6 nitrogen and oxygen atoms in total. The third kappa shape index (κ3) is 3.11. The minimum atomic E-state index is -0.712. The van der Waals surface area contributed by atoms with Gasteiger partial charge in [-0.1, -0.05) is 0 Å². The topological polar surface area (TPSA) is 88.0 Å². The van der Waals surface area contributed by atoms with Gasteiger partial charge in [0, 0.05) is 5.71 Å². The number of benzene rings is 1. The number of carbonyl (C=O) groups excluding carboxylic acids is 2. The fourth-order valence-corrected chi connectivity index (χ4v) is 3.42. The number of phenols is 1. The Kier molecular flexibility index (Phi) is 4.67. The van der Waals surface area contributed by atoms with Crippen LogP contribution in [0.25, 0.3) is 0 Å². The normalized spacial score (nSPS) is 21.5. The van der Waals surface area contributed by atoms with Crippen LogP contribution in [-0.4, -0.2) is 29.9 Å². The minimum absolute atomic E-state index is 0.0425. The Morgan fingerprint density at radius 3 is 2.48 bits per heavy atom. The maximum absolute atomic E-state index is 12.0. The lowest BCUT2D eigenvalue weighted by atomic mass is 9.88. The lowest BCUT2D eigenvalue weighted by Gasteiger charge is -2.29. The molecular formula is C13H12Br2N2O4. The van der Waals surface area contributed by atoms with E-state index in [1.54, 1.807) is 19.1 Å². The summed E-state index contributed by atoms with van der Waals surface area (Å²) in [6, 6.07) is 2.15. The number of carbonyl (C=O) groups is 2. The highest BCUT2D eigenvalue weighted by molar-refractivity contribution is 9.11. The largest absolute Gasteiger partial charge is 0.506 e. The average Bonchev–Trinajstić information content (AvgIpc) is 2.42. The van der Waals surface area contributed by atoms with E-state index < -0.39 is 24.0 Å². The highest BCUT2D eigenvalue weighted by Gasteiger charge is 2.38. The van der Waals surface area contributed by atoms with Gasteiger partial charge < -0.3 is 15.2 Å². The van der Waals surface area contributed by atoms with Crippen molar-refractivity contribution in [2.75, 3.05) is 7.11 Å². The van der Waals surface area contributed by atoms with Gasteiger partial charge in [0.05, 0.1) is 22.1 Å². The third-order valence-corrected chi connectivity index (χ3v) is 4.40. The Morgan fingerprint density at radius 2 is 1.95 bits per heavy atom. The molecule has 1 aromatic carbocycles. The van der Waals surface area contributed by atoms with Gasteiger partial charge in [-0.25, -0.2) is 9.79 Å². The molecule has 0 aromatic heterocycles. The number of rotatable bonds is 2. The van der Waals surface area contributed by atoms with E-state index in [0.29, 0.717) is 20.2 Å². The zero-order valence-corrected chi connectivity index (χ0v) is 14.4. The van der Waals surface area contributed by atoms with Crippen LogP contribution in [0.4, 0.5) is 4.79 Å². The van der Waals surface area contributed by atoms with Crippen molar-refractivity contribution in [3.63, 3.8) is 0 Å². The van der Waals surface area contributed by atoms with Crippen LogP contribution in [0.1, 0.15) is 18.5 Å². The molecule has 0 aliphatic carbocycles. The number of ether oxygens (including phenoxy) is 1. The van der Waals surface area contributed by atoms with E-state index in [4.69, 9.17) is 4.74 Å². The van der Waals surface area contributed by atoms with E-state index in [1.165, 1.54) is 7.11 Å². The third-order valence-electron chi connectivity index (χ3n) is 3.19. The fourth-order valence-electron chi connectivity index (χ4n) is 2.19. The Morgan fingerprint density at radius 1 is 1.38 bits per heavy atom. The molecule has 0 saturated carbocycles. The van der Waals surface area contributed by atoms with Gasteiger partial charge in [0.2, 0.25) is 0 Å². The predicted octanol–water partition coefficient (Wildman–Crippen LogP) is 2.93. The first kappa shape index (κ1) is 16.0. The molecule has 2 amide bonds. The van der Waals surface area contributed by atoms with Gasteiger partial charge >= 0.3 is 12.0 Å². The second kappa shape index (κ2) is 6.15. The van der Waals surface area contributed by atoms with E-state index in [2.05, 4.69) is 42.2 Å². The Balaban J connectivity index is 2.51. The number of amides is 2. The summed E-state index contributed by atoms with van der Waals surface area (Å²) in [7, 11) is 1.28. The maximum Gasteiger partial charge on any atom is 0.341 e. The molecule has 21 heavy (non-hydrogen) atoms. The van der Waals surface area contributed by atoms with Crippen molar-refractivity contribution >= 4 is 49.6 Å². The lowest BCUT2D eigenvalue weighted by molar-refractivity contribution is -0.143. The summed E-state index contributed by atoms with van der Waals surface area (Å²) >= 11 is 6.46.